The number of non-ortho nitro benzene ring substituents is 1. The average Bonchev–Trinajstić information content (AvgIpc) is 2.86. The third kappa shape index (κ3) is 5.15. The molecule has 0 saturated carbocycles. The lowest BCUT2D eigenvalue weighted by Crippen LogP contribution is -2.45. The van der Waals surface area contributed by atoms with E-state index in [0.29, 0.717) is 5.56 Å². The average molecular weight is 443 g/mol. The van der Waals surface area contributed by atoms with Crippen molar-refractivity contribution in [2.75, 3.05) is 0 Å². The lowest BCUT2D eigenvalue weighted by Gasteiger charge is -2.21. The molecule has 1 aromatic carbocycles. The molecule has 2 rings (SSSR count). The normalized spacial score (nSPS) is 17.1. The lowest BCUT2D eigenvalue weighted by molar-refractivity contribution is -0.384. The number of carbonyl (C=O) groups excluding carboxylic acids is 1. The van der Waals surface area contributed by atoms with Crippen molar-refractivity contribution in [2.45, 2.75) is 12.5 Å². The van der Waals surface area contributed by atoms with Gasteiger partial charge in [-0.3, -0.25) is 24.6 Å². The second-order valence-electron chi connectivity index (χ2n) is 5.38. The van der Waals surface area contributed by atoms with Gasteiger partial charge in [0.1, 0.15) is 10.4 Å². The summed E-state index contributed by atoms with van der Waals surface area (Å²) in [6.45, 7) is 0. The molecule has 1 aliphatic heterocycles. The highest BCUT2D eigenvalue weighted by atomic mass is 35.5. The second-order valence-corrected chi connectivity index (χ2v) is 7.49. The molecule has 1 amide bonds. The number of aliphatic carboxylic acids is 2. The Bertz CT molecular complexity index is 927. The predicted molar refractivity (Wildman–Crippen MR) is 106 cm³/mol. The number of thiocarbonyl (C=S) groups is 1. The van der Waals surface area contributed by atoms with Gasteiger partial charge in [-0.2, -0.15) is 0 Å². The number of halogens is 1. The Labute approximate surface area is 172 Å². The molecule has 12 heteroatoms. The first kappa shape index (κ1) is 21.5. The number of amides is 1. The number of benzene rings is 1. The van der Waals surface area contributed by atoms with Gasteiger partial charge in [0.25, 0.3) is 11.6 Å². The van der Waals surface area contributed by atoms with E-state index in [4.69, 9.17) is 28.9 Å². The fourth-order valence-corrected chi connectivity index (χ4v) is 3.87. The monoisotopic (exact) mass is 442 g/mol. The van der Waals surface area contributed by atoms with Crippen LogP contribution in [0.4, 0.5) is 5.69 Å². The van der Waals surface area contributed by atoms with E-state index in [1.165, 1.54) is 36.4 Å². The highest BCUT2D eigenvalue weighted by molar-refractivity contribution is 8.26. The molecule has 0 radical (unpaired) electrons. The van der Waals surface area contributed by atoms with Crippen molar-refractivity contribution in [1.82, 2.24) is 4.90 Å². The summed E-state index contributed by atoms with van der Waals surface area (Å²) >= 11 is 11.9. The van der Waals surface area contributed by atoms with E-state index in [9.17, 15) is 29.6 Å². The Balaban J connectivity index is 2.25. The second kappa shape index (κ2) is 8.95. The van der Waals surface area contributed by atoms with Crippen molar-refractivity contribution in [3.05, 3.63) is 56.0 Å². The molecule has 0 bridgehead atoms. The van der Waals surface area contributed by atoms with Crippen molar-refractivity contribution >= 4 is 69.5 Å². The molecule has 0 spiro atoms. The van der Waals surface area contributed by atoms with Crippen LogP contribution in [0, 0.1) is 10.1 Å². The fourth-order valence-electron chi connectivity index (χ4n) is 2.22. The Morgan fingerprint density at radius 2 is 1.93 bits per heavy atom. The number of carboxylic acid groups (broad SMARTS) is 2. The molecule has 146 valence electrons. The number of nitrogens with zero attached hydrogens (tertiary/aromatic N) is 2. The van der Waals surface area contributed by atoms with E-state index in [1.807, 2.05) is 0 Å². The van der Waals surface area contributed by atoms with Gasteiger partial charge in [0.05, 0.1) is 16.2 Å². The Morgan fingerprint density at radius 1 is 1.32 bits per heavy atom. The topological polar surface area (TPSA) is 138 Å². The van der Waals surface area contributed by atoms with Crippen LogP contribution in [0.15, 0.2) is 40.3 Å². The number of rotatable bonds is 7. The number of carboxylic acids is 2. The summed E-state index contributed by atoms with van der Waals surface area (Å²) in [6, 6.07) is 3.88. The van der Waals surface area contributed by atoms with Crippen molar-refractivity contribution in [2.24, 2.45) is 0 Å². The molecule has 1 heterocycles. The number of allylic oxidation sites excluding steroid dienone is 2. The molecule has 1 saturated heterocycles. The van der Waals surface area contributed by atoms with Gasteiger partial charge in [0, 0.05) is 17.2 Å². The van der Waals surface area contributed by atoms with Gasteiger partial charge in [0.15, 0.2) is 0 Å². The summed E-state index contributed by atoms with van der Waals surface area (Å²) in [5.41, 5.74) is 0.448. The van der Waals surface area contributed by atoms with Crippen LogP contribution >= 0.6 is 35.6 Å². The summed E-state index contributed by atoms with van der Waals surface area (Å²) in [6.07, 6.45) is 1.91. The van der Waals surface area contributed by atoms with E-state index < -0.39 is 35.2 Å². The van der Waals surface area contributed by atoms with Crippen LogP contribution in [0.2, 0.25) is 0 Å². The van der Waals surface area contributed by atoms with Gasteiger partial charge < -0.3 is 10.2 Å². The van der Waals surface area contributed by atoms with Crippen LogP contribution in [-0.2, 0) is 14.4 Å². The smallest absolute Gasteiger partial charge is 0.327 e. The van der Waals surface area contributed by atoms with E-state index in [2.05, 4.69) is 0 Å². The highest BCUT2D eigenvalue weighted by Gasteiger charge is 2.41. The first-order valence-corrected chi connectivity index (χ1v) is 9.03. The minimum Gasteiger partial charge on any atom is -0.481 e. The van der Waals surface area contributed by atoms with Crippen molar-refractivity contribution in [1.29, 1.82) is 0 Å². The Kier molecular flexibility index (Phi) is 6.89. The van der Waals surface area contributed by atoms with E-state index in [-0.39, 0.29) is 19.9 Å². The third-order valence-corrected chi connectivity index (χ3v) is 5.01. The molecule has 9 nitrogen and oxygen atoms in total. The molecule has 0 aliphatic carbocycles. The fraction of sp³-hybridized carbons (Fsp3) is 0.125. The molecule has 0 unspecified atom stereocenters. The first-order valence-electron chi connectivity index (χ1n) is 7.43. The molecule has 1 fully saturated rings. The number of nitro benzene ring substituents is 1. The van der Waals surface area contributed by atoms with Gasteiger partial charge in [-0.1, -0.05) is 35.6 Å². The molecule has 28 heavy (non-hydrogen) atoms. The van der Waals surface area contributed by atoms with Gasteiger partial charge in [-0.15, -0.1) is 0 Å². The maximum Gasteiger partial charge on any atom is 0.327 e. The van der Waals surface area contributed by atoms with Crippen LogP contribution in [0.25, 0.3) is 6.08 Å². The largest absolute Gasteiger partial charge is 0.481 e. The van der Waals surface area contributed by atoms with Crippen LogP contribution in [0.5, 0.6) is 0 Å². The van der Waals surface area contributed by atoms with Crippen molar-refractivity contribution in [3.63, 3.8) is 0 Å². The highest BCUT2D eigenvalue weighted by Crippen LogP contribution is 2.34. The number of carbonyl (C=O) groups is 3. The van der Waals surface area contributed by atoms with Gasteiger partial charge in [0.2, 0.25) is 0 Å². The van der Waals surface area contributed by atoms with Gasteiger partial charge in [-0.05, 0) is 29.8 Å². The van der Waals surface area contributed by atoms with Crippen LogP contribution in [0.3, 0.4) is 0 Å². The Morgan fingerprint density at radius 3 is 2.43 bits per heavy atom. The predicted octanol–water partition coefficient (Wildman–Crippen LogP) is 2.85. The Hall–Kier alpha value is -2.76. The van der Waals surface area contributed by atoms with Crippen LogP contribution < -0.4 is 0 Å². The zero-order valence-corrected chi connectivity index (χ0v) is 16.2. The number of hydrogen-bond acceptors (Lipinski definition) is 7. The quantitative estimate of drug-likeness (QED) is 0.282. The maximum atomic E-state index is 12.5. The summed E-state index contributed by atoms with van der Waals surface area (Å²) in [7, 11) is 0. The van der Waals surface area contributed by atoms with Crippen LogP contribution in [-0.4, -0.2) is 48.2 Å². The zero-order valence-electron chi connectivity index (χ0n) is 13.8. The van der Waals surface area contributed by atoms with Gasteiger partial charge in [-0.25, -0.2) is 4.79 Å². The maximum absolute atomic E-state index is 12.5. The minimum absolute atomic E-state index is 0.0322. The number of hydrogen-bond donors (Lipinski definition) is 2. The molecule has 0 aromatic heterocycles. The lowest BCUT2D eigenvalue weighted by atomic mass is 10.1. The van der Waals surface area contributed by atoms with E-state index in [1.54, 1.807) is 0 Å². The summed E-state index contributed by atoms with van der Waals surface area (Å²) in [4.78, 5) is 45.6. The van der Waals surface area contributed by atoms with E-state index in [0.717, 1.165) is 16.7 Å². The van der Waals surface area contributed by atoms with Crippen molar-refractivity contribution in [3.8, 4) is 0 Å². The summed E-state index contributed by atoms with van der Waals surface area (Å²) in [5, 5.41) is 28.8. The van der Waals surface area contributed by atoms with Crippen LogP contribution in [0.1, 0.15) is 12.0 Å². The number of nitro groups is 1. The van der Waals surface area contributed by atoms with E-state index >= 15 is 0 Å². The van der Waals surface area contributed by atoms with Gasteiger partial charge >= 0.3 is 11.9 Å². The summed E-state index contributed by atoms with van der Waals surface area (Å²) in [5.74, 6) is -3.65. The first-order chi connectivity index (χ1) is 13.1. The molecule has 1 aromatic rings. The third-order valence-electron chi connectivity index (χ3n) is 3.47. The van der Waals surface area contributed by atoms with Crippen molar-refractivity contribution < 1.29 is 29.5 Å². The molecular formula is C16H11ClN2O7S2. The zero-order chi connectivity index (χ0) is 21.0. The summed E-state index contributed by atoms with van der Waals surface area (Å²) < 4.78 is -0.0929. The molecular weight excluding hydrogens is 432 g/mol. The minimum atomic E-state index is -1.63. The standard InChI is InChI=1S/C16H11ClN2O7S2/c17-9(5-8-1-3-10(4-2-8)19(25)26)6-12-14(22)18(16(27)28-12)11(15(23)24)7-13(20)21/h1-6,11H,7H2,(H,20,21)(H,23,24)/b9-5+,12-6+/t11-/m1/s1. The molecule has 1 aliphatic rings. The number of thioether (sulfide) groups is 1. The molecule has 2 N–H and O–H groups in total. The molecule has 1 atom stereocenters. The SMILES string of the molecule is O=C(O)C[C@H](C(=O)O)N1C(=O)/C(=C\C(Cl)=C/c2ccc([N+](=O)[O-])cc2)SC1=S.